The van der Waals surface area contributed by atoms with Gasteiger partial charge in [-0.25, -0.2) is 9.36 Å². The minimum atomic E-state index is -5.42. The van der Waals surface area contributed by atoms with Crippen molar-refractivity contribution in [2.75, 3.05) is 5.32 Å². The van der Waals surface area contributed by atoms with Gasteiger partial charge in [0, 0.05) is 18.0 Å². The Labute approximate surface area is 176 Å². The van der Waals surface area contributed by atoms with Crippen LogP contribution in [0, 0.1) is 6.92 Å². The van der Waals surface area contributed by atoms with Gasteiger partial charge >= 0.3 is 11.9 Å². The lowest BCUT2D eigenvalue weighted by molar-refractivity contribution is -0.196. The summed E-state index contributed by atoms with van der Waals surface area (Å²) < 4.78 is 43.8. The third kappa shape index (κ3) is 3.07. The molecule has 0 fully saturated rings. The van der Waals surface area contributed by atoms with E-state index in [1.807, 2.05) is 10.3 Å². The molecule has 0 saturated heterocycles. The summed E-state index contributed by atoms with van der Waals surface area (Å²) in [5, 5.41) is 3.64. The van der Waals surface area contributed by atoms with E-state index in [4.69, 9.17) is 0 Å². The summed E-state index contributed by atoms with van der Waals surface area (Å²) in [6.45, 7) is 1.76. The maximum absolute atomic E-state index is 14.4. The van der Waals surface area contributed by atoms with Gasteiger partial charge < -0.3 is 10.6 Å². The van der Waals surface area contributed by atoms with Crippen LogP contribution in [0.3, 0.4) is 0 Å². The van der Waals surface area contributed by atoms with Crippen LogP contribution >= 0.6 is 0 Å². The molecular formula is C20H14F3N5O4. The van der Waals surface area contributed by atoms with Gasteiger partial charge in [0.15, 0.2) is 0 Å². The molecule has 1 aliphatic rings. The Morgan fingerprint density at radius 1 is 1.06 bits per heavy atom. The van der Waals surface area contributed by atoms with Crippen molar-refractivity contribution in [3.8, 4) is 5.69 Å². The number of pyridine rings is 1. The van der Waals surface area contributed by atoms with Crippen LogP contribution in [-0.2, 0) is 10.3 Å². The molecule has 0 radical (unpaired) electrons. The molecule has 9 nitrogen and oxygen atoms in total. The van der Waals surface area contributed by atoms with Crippen molar-refractivity contribution in [1.29, 1.82) is 0 Å². The summed E-state index contributed by atoms with van der Waals surface area (Å²) >= 11 is 0. The Balaban J connectivity index is 1.98. The minimum absolute atomic E-state index is 0.104. The molecule has 3 aromatic rings. The van der Waals surface area contributed by atoms with E-state index in [0.29, 0.717) is 0 Å². The van der Waals surface area contributed by atoms with Crippen LogP contribution in [0.4, 0.5) is 19.0 Å². The van der Waals surface area contributed by atoms with Gasteiger partial charge in [-0.3, -0.25) is 24.4 Å². The van der Waals surface area contributed by atoms with Crippen LogP contribution in [0.2, 0.25) is 0 Å². The van der Waals surface area contributed by atoms with Crippen molar-refractivity contribution >= 4 is 17.6 Å². The number of anilines is 1. The molecule has 0 aliphatic carbocycles. The maximum atomic E-state index is 14.4. The van der Waals surface area contributed by atoms with E-state index in [-0.39, 0.29) is 11.3 Å². The van der Waals surface area contributed by atoms with E-state index in [0.717, 1.165) is 22.3 Å². The van der Waals surface area contributed by atoms with Crippen LogP contribution in [-0.4, -0.2) is 32.5 Å². The van der Waals surface area contributed by atoms with Gasteiger partial charge in [-0.15, -0.1) is 0 Å². The molecule has 3 N–H and O–H groups in total. The highest BCUT2D eigenvalue weighted by Gasteiger charge is 2.68. The SMILES string of the molecule is Cc1ccc(-n2c3c(c(=O)[nH]c2=O)[C@](NC(=O)c2ccncc2)(C(F)(F)F)C(=O)N3)cc1. The number of rotatable bonds is 3. The van der Waals surface area contributed by atoms with Gasteiger partial charge in [0.2, 0.25) is 0 Å². The van der Waals surface area contributed by atoms with Gasteiger partial charge in [-0.05, 0) is 31.2 Å². The maximum Gasteiger partial charge on any atom is 0.425 e. The van der Waals surface area contributed by atoms with E-state index in [9.17, 15) is 32.3 Å². The van der Waals surface area contributed by atoms with Crippen molar-refractivity contribution in [3.63, 3.8) is 0 Å². The molecule has 2 amide bonds. The molecule has 0 bridgehead atoms. The summed E-state index contributed by atoms with van der Waals surface area (Å²) in [6, 6.07) is 8.35. The average Bonchev–Trinajstić information content (AvgIpc) is 3.03. The zero-order valence-electron chi connectivity index (χ0n) is 16.3. The highest BCUT2D eigenvalue weighted by molar-refractivity contribution is 6.09. The highest BCUT2D eigenvalue weighted by Crippen LogP contribution is 2.45. The van der Waals surface area contributed by atoms with Crippen LogP contribution in [0.5, 0.6) is 0 Å². The predicted octanol–water partition coefficient (Wildman–Crippen LogP) is 1.37. The number of hydrogen-bond acceptors (Lipinski definition) is 5. The molecule has 32 heavy (non-hydrogen) atoms. The van der Waals surface area contributed by atoms with Crippen LogP contribution in [0.15, 0.2) is 58.4 Å². The van der Waals surface area contributed by atoms with Gasteiger partial charge in [-0.1, -0.05) is 17.7 Å². The van der Waals surface area contributed by atoms with Crippen LogP contribution in [0.1, 0.15) is 21.5 Å². The van der Waals surface area contributed by atoms with Crippen molar-refractivity contribution < 1.29 is 22.8 Å². The average molecular weight is 445 g/mol. The van der Waals surface area contributed by atoms with Gasteiger partial charge in [0.1, 0.15) is 11.4 Å². The van der Waals surface area contributed by atoms with E-state index >= 15 is 0 Å². The number of halogens is 3. The number of carbonyl (C=O) groups is 2. The first-order valence-corrected chi connectivity index (χ1v) is 9.14. The third-order valence-electron chi connectivity index (χ3n) is 5.02. The number of nitrogens with one attached hydrogen (secondary N) is 3. The number of carbonyl (C=O) groups excluding carboxylic acids is 2. The molecule has 0 unspecified atom stereocenters. The zero-order valence-corrected chi connectivity index (χ0v) is 16.3. The quantitative estimate of drug-likeness (QED) is 0.562. The molecule has 1 aliphatic heterocycles. The number of aromatic nitrogens is 3. The van der Waals surface area contributed by atoms with E-state index in [2.05, 4.69) is 4.98 Å². The Morgan fingerprint density at radius 2 is 1.69 bits per heavy atom. The van der Waals surface area contributed by atoms with Crippen LogP contribution in [0.25, 0.3) is 5.69 Å². The molecule has 1 aromatic carbocycles. The molecule has 2 aromatic heterocycles. The van der Waals surface area contributed by atoms with Crippen molar-refractivity contribution in [1.82, 2.24) is 19.9 Å². The lowest BCUT2D eigenvalue weighted by atomic mass is 9.91. The fraction of sp³-hybridized carbons (Fsp3) is 0.150. The third-order valence-corrected chi connectivity index (χ3v) is 5.02. The van der Waals surface area contributed by atoms with Gasteiger partial charge in [-0.2, -0.15) is 13.2 Å². The largest absolute Gasteiger partial charge is 0.425 e. The van der Waals surface area contributed by atoms with Gasteiger partial charge in [0.25, 0.3) is 22.9 Å². The lowest BCUT2D eigenvalue weighted by Crippen LogP contribution is -2.62. The van der Waals surface area contributed by atoms with Crippen molar-refractivity contribution in [3.05, 3.63) is 86.3 Å². The summed E-state index contributed by atoms with van der Waals surface area (Å²) in [7, 11) is 0. The number of benzene rings is 1. The van der Waals surface area contributed by atoms with E-state index < -0.39 is 46.2 Å². The first-order chi connectivity index (χ1) is 15.1. The normalized spacial score (nSPS) is 17.6. The second kappa shape index (κ2) is 7.18. The summed E-state index contributed by atoms with van der Waals surface area (Å²) in [5.41, 5.74) is -6.69. The van der Waals surface area contributed by atoms with Crippen molar-refractivity contribution in [2.45, 2.75) is 18.6 Å². The molecule has 0 spiro atoms. The standard InChI is InChI=1S/C20H14F3N5O4/c1-10-2-4-12(5-3-10)28-14-13(16(30)26-18(28)32)19(17(31)25-14,20(21,22)23)27-15(29)11-6-8-24-9-7-11/h2-9H,1H3,(H,25,31)(H,27,29)(H,26,30,32)/t19-/m1/s1. The Bertz CT molecular complexity index is 1350. The molecular weight excluding hydrogens is 431 g/mol. The topological polar surface area (TPSA) is 126 Å². The number of nitrogens with zero attached hydrogens (tertiary/aromatic N) is 2. The number of hydrogen-bond donors (Lipinski definition) is 3. The molecule has 1 atom stereocenters. The number of H-pyrrole nitrogens is 1. The first-order valence-electron chi connectivity index (χ1n) is 9.14. The van der Waals surface area contributed by atoms with E-state index in [1.54, 1.807) is 24.4 Å². The monoisotopic (exact) mass is 445 g/mol. The summed E-state index contributed by atoms with van der Waals surface area (Å²) in [6.07, 6.45) is -3.06. The molecule has 3 heterocycles. The molecule has 164 valence electrons. The molecule has 4 rings (SSSR count). The van der Waals surface area contributed by atoms with Crippen LogP contribution < -0.4 is 21.9 Å². The fourth-order valence-corrected chi connectivity index (χ4v) is 3.46. The Kier molecular flexibility index (Phi) is 4.72. The smallest absolute Gasteiger partial charge is 0.326 e. The first kappa shape index (κ1) is 21.0. The number of aromatic amines is 1. The summed E-state index contributed by atoms with van der Waals surface area (Å²) in [4.78, 5) is 55.9. The predicted molar refractivity (Wildman–Crippen MR) is 105 cm³/mol. The lowest BCUT2D eigenvalue weighted by Gasteiger charge is -2.30. The second-order valence-electron chi connectivity index (χ2n) is 7.05. The number of amides is 2. The summed E-state index contributed by atoms with van der Waals surface area (Å²) in [5.74, 6) is -3.67. The number of fused-ring (bicyclic) bond motifs is 1. The Hall–Kier alpha value is -4.22. The molecule has 12 heteroatoms. The second-order valence-corrected chi connectivity index (χ2v) is 7.05. The van der Waals surface area contributed by atoms with E-state index in [1.165, 1.54) is 24.5 Å². The fourth-order valence-electron chi connectivity index (χ4n) is 3.46. The molecule has 0 saturated carbocycles. The zero-order chi connectivity index (χ0) is 23.3. The van der Waals surface area contributed by atoms with Crippen molar-refractivity contribution in [2.24, 2.45) is 0 Å². The minimum Gasteiger partial charge on any atom is -0.326 e. The number of alkyl halides is 3. The number of aryl methyl sites for hydroxylation is 1. The highest BCUT2D eigenvalue weighted by atomic mass is 19.4. The van der Waals surface area contributed by atoms with Gasteiger partial charge in [0.05, 0.1) is 5.69 Å². The Morgan fingerprint density at radius 3 is 2.28 bits per heavy atom.